The molecule has 0 aliphatic heterocycles. The van der Waals surface area contributed by atoms with Crippen molar-refractivity contribution in [3.05, 3.63) is 68.3 Å². The number of anilines is 2. The first-order valence-corrected chi connectivity index (χ1v) is 9.27. The summed E-state index contributed by atoms with van der Waals surface area (Å²) in [7, 11) is 0. The van der Waals surface area contributed by atoms with E-state index in [9.17, 15) is 10.1 Å². The number of halogens is 1. The van der Waals surface area contributed by atoms with Crippen LogP contribution in [-0.2, 0) is 11.8 Å². The number of nitrogens with zero attached hydrogens (tertiary/aromatic N) is 2. The summed E-state index contributed by atoms with van der Waals surface area (Å²) >= 11 is 3.44. The summed E-state index contributed by atoms with van der Waals surface area (Å²) < 4.78 is 0.853. The van der Waals surface area contributed by atoms with Gasteiger partial charge in [0.05, 0.1) is 10.4 Å². The first-order chi connectivity index (χ1) is 12.3. The van der Waals surface area contributed by atoms with E-state index in [-0.39, 0.29) is 11.1 Å². The Morgan fingerprint density at radius 1 is 1.23 bits per heavy atom. The van der Waals surface area contributed by atoms with Gasteiger partial charge in [0.2, 0.25) is 0 Å². The number of nitro groups is 1. The van der Waals surface area contributed by atoms with E-state index >= 15 is 0 Å². The third kappa shape index (κ3) is 2.84. The van der Waals surface area contributed by atoms with Gasteiger partial charge in [-0.15, -0.1) is 0 Å². The Kier molecular flexibility index (Phi) is 3.95. The van der Waals surface area contributed by atoms with Crippen LogP contribution in [0.2, 0.25) is 0 Å². The van der Waals surface area contributed by atoms with E-state index < -0.39 is 4.92 Å². The van der Waals surface area contributed by atoms with E-state index in [4.69, 9.17) is 0 Å². The molecule has 2 aromatic carbocycles. The number of hydrogen-bond donors (Lipinski definition) is 1. The van der Waals surface area contributed by atoms with Crippen molar-refractivity contribution >= 4 is 43.9 Å². The number of pyridine rings is 1. The number of aromatic nitrogens is 1. The van der Waals surface area contributed by atoms with Crippen molar-refractivity contribution in [2.75, 3.05) is 5.32 Å². The van der Waals surface area contributed by atoms with E-state index in [1.54, 1.807) is 0 Å². The highest BCUT2D eigenvalue weighted by molar-refractivity contribution is 9.10. The van der Waals surface area contributed by atoms with E-state index in [0.29, 0.717) is 11.2 Å². The maximum atomic E-state index is 11.5. The van der Waals surface area contributed by atoms with Gasteiger partial charge < -0.3 is 5.32 Å². The third-order valence-corrected chi connectivity index (χ3v) is 5.62. The van der Waals surface area contributed by atoms with Crippen LogP contribution in [0.1, 0.15) is 31.4 Å². The maximum absolute atomic E-state index is 11.5. The molecule has 1 N–H and O–H groups in total. The summed E-state index contributed by atoms with van der Waals surface area (Å²) in [4.78, 5) is 15.4. The molecule has 132 valence electrons. The Balaban J connectivity index is 1.83. The summed E-state index contributed by atoms with van der Waals surface area (Å²) in [6, 6.07) is 11.8. The van der Waals surface area contributed by atoms with Crippen molar-refractivity contribution in [3.63, 3.8) is 0 Å². The molecule has 0 atom stereocenters. The van der Waals surface area contributed by atoms with E-state index in [1.807, 2.05) is 24.3 Å². The lowest BCUT2D eigenvalue weighted by atomic mass is 9.86. The summed E-state index contributed by atoms with van der Waals surface area (Å²) in [5, 5.41) is 15.5. The molecule has 0 saturated heterocycles. The Morgan fingerprint density at radius 2 is 2.04 bits per heavy atom. The molecule has 1 aliphatic rings. The fourth-order valence-electron chi connectivity index (χ4n) is 3.69. The van der Waals surface area contributed by atoms with Crippen LogP contribution in [0.15, 0.2) is 47.1 Å². The molecular formula is C20H18BrN3O2. The van der Waals surface area contributed by atoms with Gasteiger partial charge >= 0.3 is 5.69 Å². The Hall–Kier alpha value is -2.47. The maximum Gasteiger partial charge on any atom is 0.311 e. The van der Waals surface area contributed by atoms with Gasteiger partial charge in [-0.3, -0.25) is 10.1 Å². The minimum atomic E-state index is -0.397. The zero-order chi connectivity index (χ0) is 18.5. The second kappa shape index (κ2) is 6.06. The largest absolute Gasteiger partial charge is 0.349 e. The van der Waals surface area contributed by atoms with Gasteiger partial charge in [-0.05, 0) is 59.7 Å². The molecule has 3 aromatic rings. The molecule has 1 aliphatic carbocycles. The molecule has 5 nitrogen and oxygen atoms in total. The minimum Gasteiger partial charge on any atom is -0.349 e. The zero-order valence-electron chi connectivity index (χ0n) is 14.5. The fourth-order valence-corrected chi connectivity index (χ4v) is 4.05. The predicted molar refractivity (Wildman–Crippen MR) is 107 cm³/mol. The van der Waals surface area contributed by atoms with Crippen molar-refractivity contribution in [2.24, 2.45) is 0 Å². The number of rotatable bonds is 3. The lowest BCUT2D eigenvalue weighted by molar-refractivity contribution is -0.384. The second-order valence-electron chi connectivity index (χ2n) is 7.32. The molecule has 1 aromatic heterocycles. The topological polar surface area (TPSA) is 68.1 Å². The van der Waals surface area contributed by atoms with Crippen molar-refractivity contribution in [2.45, 2.75) is 32.1 Å². The highest BCUT2D eigenvalue weighted by Crippen LogP contribution is 2.41. The van der Waals surface area contributed by atoms with Crippen LogP contribution in [0.4, 0.5) is 17.1 Å². The Morgan fingerprint density at radius 3 is 2.81 bits per heavy atom. The van der Waals surface area contributed by atoms with Crippen LogP contribution >= 0.6 is 15.9 Å². The number of fused-ring (bicyclic) bond motifs is 2. The van der Waals surface area contributed by atoms with Gasteiger partial charge in [0.25, 0.3) is 0 Å². The molecule has 4 rings (SSSR count). The molecule has 6 heteroatoms. The summed E-state index contributed by atoms with van der Waals surface area (Å²) in [6.07, 6.45) is 3.47. The Labute approximate surface area is 159 Å². The van der Waals surface area contributed by atoms with E-state index in [0.717, 1.165) is 28.4 Å². The Bertz CT molecular complexity index is 1050. The molecular weight excluding hydrogens is 394 g/mol. The highest BCUT2D eigenvalue weighted by Gasteiger charge is 2.29. The molecule has 0 saturated carbocycles. The average molecular weight is 412 g/mol. The third-order valence-electron chi connectivity index (χ3n) is 5.13. The molecule has 0 fully saturated rings. The number of hydrogen-bond acceptors (Lipinski definition) is 4. The predicted octanol–water partition coefficient (Wildman–Crippen LogP) is 5.87. The second-order valence-corrected chi connectivity index (χ2v) is 8.23. The molecule has 0 spiro atoms. The first kappa shape index (κ1) is 17.0. The fraction of sp³-hybridized carbons (Fsp3) is 0.250. The normalized spacial score (nSPS) is 15.0. The van der Waals surface area contributed by atoms with Gasteiger partial charge in [-0.1, -0.05) is 35.8 Å². The van der Waals surface area contributed by atoms with Crippen molar-refractivity contribution < 1.29 is 4.92 Å². The monoisotopic (exact) mass is 411 g/mol. The lowest BCUT2D eigenvalue weighted by Crippen LogP contribution is -2.11. The average Bonchev–Trinajstić information content (AvgIpc) is 2.90. The standard InChI is InChI=1S/C20H18BrN3O2/c1-20(2)8-7-12-9-14(4-5-16(12)20)23-19-15-10-13(21)3-6-17(15)22-11-18(19)24(25)26/h3-6,9-11H,7-8H2,1-2H3,(H,22,23). The smallest absolute Gasteiger partial charge is 0.311 e. The van der Waals surface area contributed by atoms with Gasteiger partial charge in [0.1, 0.15) is 11.9 Å². The van der Waals surface area contributed by atoms with Crippen LogP contribution in [0.25, 0.3) is 10.9 Å². The van der Waals surface area contributed by atoms with Gasteiger partial charge in [-0.2, -0.15) is 0 Å². The molecule has 0 radical (unpaired) electrons. The highest BCUT2D eigenvalue weighted by atomic mass is 79.9. The van der Waals surface area contributed by atoms with Gasteiger partial charge in [0.15, 0.2) is 0 Å². The van der Waals surface area contributed by atoms with E-state index in [1.165, 1.54) is 17.3 Å². The van der Waals surface area contributed by atoms with Crippen LogP contribution in [0.5, 0.6) is 0 Å². The molecule has 0 unspecified atom stereocenters. The molecule has 0 bridgehead atoms. The SMILES string of the molecule is CC1(C)CCc2cc(Nc3c([N+](=O)[O-])cnc4ccc(Br)cc34)ccc21. The number of benzene rings is 2. The zero-order valence-corrected chi connectivity index (χ0v) is 16.1. The van der Waals surface area contributed by atoms with Crippen LogP contribution in [0.3, 0.4) is 0 Å². The van der Waals surface area contributed by atoms with Crippen molar-refractivity contribution in [1.29, 1.82) is 0 Å². The summed E-state index contributed by atoms with van der Waals surface area (Å²) in [5.41, 5.74) is 4.87. The first-order valence-electron chi connectivity index (χ1n) is 8.48. The number of nitrogens with one attached hydrogen (secondary N) is 1. The minimum absolute atomic E-state index is 0.0311. The molecule has 1 heterocycles. The van der Waals surface area contributed by atoms with E-state index in [2.05, 4.69) is 52.2 Å². The van der Waals surface area contributed by atoms with Crippen LogP contribution < -0.4 is 5.32 Å². The van der Waals surface area contributed by atoms with Crippen molar-refractivity contribution in [1.82, 2.24) is 4.98 Å². The van der Waals surface area contributed by atoms with Crippen LogP contribution in [-0.4, -0.2) is 9.91 Å². The molecule has 0 amide bonds. The van der Waals surface area contributed by atoms with Crippen LogP contribution in [0, 0.1) is 10.1 Å². The summed E-state index contributed by atoms with van der Waals surface area (Å²) in [5.74, 6) is 0. The molecule has 26 heavy (non-hydrogen) atoms. The number of aryl methyl sites for hydroxylation is 1. The quantitative estimate of drug-likeness (QED) is 0.431. The van der Waals surface area contributed by atoms with Gasteiger partial charge in [0, 0.05) is 15.5 Å². The summed E-state index contributed by atoms with van der Waals surface area (Å²) in [6.45, 7) is 4.51. The van der Waals surface area contributed by atoms with Crippen molar-refractivity contribution in [3.8, 4) is 0 Å². The van der Waals surface area contributed by atoms with Gasteiger partial charge in [-0.25, -0.2) is 4.98 Å². The lowest BCUT2D eigenvalue weighted by Gasteiger charge is -2.19.